The Hall–Kier alpha value is -4.23. The van der Waals surface area contributed by atoms with Gasteiger partial charge < -0.3 is 10.1 Å². The third-order valence-corrected chi connectivity index (χ3v) is 6.22. The highest BCUT2D eigenvalue weighted by atomic mass is 35.5. The number of ether oxygens (including phenoxy) is 1. The first-order valence-corrected chi connectivity index (χ1v) is 12.3. The van der Waals surface area contributed by atoms with Gasteiger partial charge in [-0.05, 0) is 55.8 Å². The SMILES string of the molecule is C=C/C=C\C(CC(C(=O)Nc1ccc(C)cc1)n1cc(OC)c(-c2cc(Cl)ccc2C(C)=O)cc1=O)=N/C. The molecule has 1 amide bonds. The van der Waals surface area contributed by atoms with Crippen LogP contribution in [0.4, 0.5) is 5.69 Å². The third kappa shape index (κ3) is 6.75. The second-order valence-corrected chi connectivity index (χ2v) is 9.07. The molecule has 2 aromatic carbocycles. The van der Waals surface area contributed by atoms with Crippen LogP contribution in [0, 0.1) is 6.92 Å². The van der Waals surface area contributed by atoms with Crippen LogP contribution in [-0.2, 0) is 4.79 Å². The highest BCUT2D eigenvalue weighted by molar-refractivity contribution is 6.31. The lowest BCUT2D eigenvalue weighted by molar-refractivity contribution is -0.119. The number of Topliss-reactive ketones (excluding diaryl/α,β-unsaturated/α-hetero) is 1. The van der Waals surface area contributed by atoms with Gasteiger partial charge >= 0.3 is 0 Å². The summed E-state index contributed by atoms with van der Waals surface area (Å²) in [6.45, 7) is 7.07. The largest absolute Gasteiger partial charge is 0.495 e. The second kappa shape index (κ2) is 12.8. The molecule has 1 N–H and O–H groups in total. The van der Waals surface area contributed by atoms with Gasteiger partial charge in [0.15, 0.2) is 5.78 Å². The maximum absolute atomic E-state index is 13.5. The van der Waals surface area contributed by atoms with Crippen molar-refractivity contribution in [2.24, 2.45) is 4.99 Å². The van der Waals surface area contributed by atoms with Crippen LogP contribution >= 0.6 is 11.6 Å². The number of hydrogen-bond acceptors (Lipinski definition) is 5. The molecule has 1 heterocycles. The summed E-state index contributed by atoms with van der Waals surface area (Å²) in [5, 5.41) is 3.30. The number of benzene rings is 2. The van der Waals surface area contributed by atoms with Crippen LogP contribution in [-0.4, -0.2) is 36.1 Å². The summed E-state index contributed by atoms with van der Waals surface area (Å²) in [7, 11) is 3.07. The molecule has 0 spiro atoms. The smallest absolute Gasteiger partial charge is 0.252 e. The standard InChI is InChI=1S/C30H30ClN3O4/c1-6-7-8-23(32-4)16-27(30(37)33-22-12-9-19(2)10-13-22)34-18-28(38-5)26(17-29(34)36)25-15-21(31)11-14-24(25)20(3)35/h6-15,17-18,27H,1,16H2,2-5H3,(H,33,37)/b8-7-,32-23+. The van der Waals surface area contributed by atoms with Gasteiger partial charge in [-0.25, -0.2) is 0 Å². The van der Waals surface area contributed by atoms with Crippen LogP contribution in [0.3, 0.4) is 0 Å². The van der Waals surface area contributed by atoms with Crippen LogP contribution < -0.4 is 15.6 Å². The molecular weight excluding hydrogens is 502 g/mol. The number of carbonyl (C=O) groups is 2. The zero-order chi connectivity index (χ0) is 27.8. The molecule has 0 saturated heterocycles. The number of allylic oxidation sites excluding steroid dienone is 3. The first kappa shape index (κ1) is 28.3. The van der Waals surface area contributed by atoms with Crippen LogP contribution in [0.25, 0.3) is 11.1 Å². The molecule has 3 aromatic rings. The molecule has 0 aliphatic rings. The van der Waals surface area contributed by atoms with E-state index in [1.165, 1.54) is 30.9 Å². The van der Waals surface area contributed by atoms with Gasteiger partial charge in [0.2, 0.25) is 5.91 Å². The molecule has 0 radical (unpaired) electrons. The Morgan fingerprint density at radius 1 is 1.16 bits per heavy atom. The molecule has 38 heavy (non-hydrogen) atoms. The quantitative estimate of drug-likeness (QED) is 0.195. The van der Waals surface area contributed by atoms with E-state index in [1.807, 2.05) is 19.1 Å². The predicted molar refractivity (Wildman–Crippen MR) is 154 cm³/mol. The number of anilines is 1. The number of rotatable bonds is 10. The van der Waals surface area contributed by atoms with Crippen molar-refractivity contribution in [2.75, 3.05) is 19.5 Å². The van der Waals surface area contributed by atoms with Gasteiger partial charge in [0.25, 0.3) is 5.56 Å². The monoisotopic (exact) mass is 531 g/mol. The summed E-state index contributed by atoms with van der Waals surface area (Å²) < 4.78 is 6.94. The minimum absolute atomic E-state index is 0.136. The number of amides is 1. The zero-order valence-corrected chi connectivity index (χ0v) is 22.6. The van der Waals surface area contributed by atoms with Crippen LogP contribution in [0.2, 0.25) is 5.02 Å². The van der Waals surface area contributed by atoms with Gasteiger partial charge in [-0.15, -0.1) is 0 Å². The molecule has 1 aromatic heterocycles. The molecule has 3 rings (SSSR count). The predicted octanol–water partition coefficient (Wildman–Crippen LogP) is 6.07. The Morgan fingerprint density at radius 3 is 2.47 bits per heavy atom. The van der Waals surface area contributed by atoms with E-state index in [4.69, 9.17) is 16.3 Å². The number of pyridine rings is 1. The molecule has 1 atom stereocenters. The topological polar surface area (TPSA) is 89.8 Å². The maximum Gasteiger partial charge on any atom is 0.252 e. The first-order valence-electron chi connectivity index (χ1n) is 11.9. The number of carbonyl (C=O) groups excluding carboxylic acids is 2. The average molecular weight is 532 g/mol. The number of ketones is 1. The number of nitrogens with zero attached hydrogens (tertiary/aromatic N) is 2. The van der Waals surface area contributed by atoms with Crippen LogP contribution in [0.15, 0.2) is 89.3 Å². The van der Waals surface area contributed by atoms with E-state index < -0.39 is 17.5 Å². The number of methoxy groups -OCH3 is 1. The van der Waals surface area contributed by atoms with E-state index in [9.17, 15) is 14.4 Å². The highest BCUT2D eigenvalue weighted by Gasteiger charge is 2.25. The van der Waals surface area contributed by atoms with E-state index in [-0.39, 0.29) is 12.2 Å². The number of halogens is 1. The van der Waals surface area contributed by atoms with Crippen molar-refractivity contribution in [3.05, 3.63) is 106 Å². The van der Waals surface area contributed by atoms with E-state index in [0.29, 0.717) is 38.9 Å². The maximum atomic E-state index is 13.5. The van der Waals surface area contributed by atoms with Gasteiger partial charge in [-0.3, -0.25) is 23.9 Å². The van der Waals surface area contributed by atoms with E-state index in [0.717, 1.165) is 5.56 Å². The van der Waals surface area contributed by atoms with Gasteiger partial charge in [0, 0.05) is 47.1 Å². The molecule has 1 unspecified atom stereocenters. The van der Waals surface area contributed by atoms with Crippen molar-refractivity contribution in [1.29, 1.82) is 0 Å². The Balaban J connectivity index is 2.15. The lowest BCUT2D eigenvalue weighted by Gasteiger charge is -2.22. The number of aliphatic imine (C=N–C) groups is 1. The van der Waals surface area contributed by atoms with Crippen molar-refractivity contribution < 1.29 is 14.3 Å². The molecule has 0 aliphatic heterocycles. The Bertz CT molecular complexity index is 1470. The van der Waals surface area contributed by atoms with E-state index in [1.54, 1.807) is 55.6 Å². The van der Waals surface area contributed by atoms with Gasteiger partial charge in [-0.1, -0.05) is 48.0 Å². The normalized spacial score (nSPS) is 12.3. The van der Waals surface area contributed by atoms with E-state index in [2.05, 4.69) is 16.9 Å². The third-order valence-electron chi connectivity index (χ3n) is 5.99. The number of aromatic nitrogens is 1. The number of nitrogens with one attached hydrogen (secondary N) is 1. The lowest BCUT2D eigenvalue weighted by Crippen LogP contribution is -2.34. The van der Waals surface area contributed by atoms with Crippen molar-refractivity contribution in [3.8, 4) is 16.9 Å². The van der Waals surface area contributed by atoms with Gasteiger partial charge in [-0.2, -0.15) is 0 Å². The molecule has 0 aliphatic carbocycles. The van der Waals surface area contributed by atoms with Gasteiger partial charge in [0.1, 0.15) is 11.8 Å². The molecule has 0 bridgehead atoms. The first-order chi connectivity index (χ1) is 18.2. The highest BCUT2D eigenvalue weighted by Crippen LogP contribution is 2.34. The van der Waals surface area contributed by atoms with Crippen molar-refractivity contribution in [3.63, 3.8) is 0 Å². The number of aryl methyl sites for hydroxylation is 1. The molecular formula is C30H30ClN3O4. The van der Waals surface area contributed by atoms with Crippen molar-refractivity contribution >= 4 is 34.7 Å². The fourth-order valence-electron chi connectivity index (χ4n) is 3.98. The minimum Gasteiger partial charge on any atom is -0.495 e. The molecule has 8 heteroatoms. The average Bonchev–Trinajstić information content (AvgIpc) is 2.90. The van der Waals surface area contributed by atoms with E-state index >= 15 is 0 Å². The molecule has 0 fully saturated rings. The summed E-state index contributed by atoms with van der Waals surface area (Å²) in [4.78, 5) is 43.6. The second-order valence-electron chi connectivity index (χ2n) is 8.63. The summed E-state index contributed by atoms with van der Waals surface area (Å²) >= 11 is 6.22. The van der Waals surface area contributed by atoms with Gasteiger partial charge in [0.05, 0.1) is 13.3 Å². The summed E-state index contributed by atoms with van der Waals surface area (Å²) in [5.41, 5.74) is 3.06. The summed E-state index contributed by atoms with van der Waals surface area (Å²) in [5.74, 6) is -0.277. The Morgan fingerprint density at radius 2 is 1.87 bits per heavy atom. The lowest BCUT2D eigenvalue weighted by atomic mass is 9.97. The van der Waals surface area contributed by atoms with Crippen molar-refractivity contribution in [2.45, 2.75) is 26.3 Å². The molecule has 196 valence electrons. The molecule has 7 nitrogen and oxygen atoms in total. The Labute approximate surface area is 227 Å². The minimum atomic E-state index is -0.952. The zero-order valence-electron chi connectivity index (χ0n) is 21.8. The van der Waals surface area contributed by atoms with Crippen molar-refractivity contribution in [1.82, 2.24) is 4.57 Å². The molecule has 0 saturated carbocycles. The number of hydrogen-bond donors (Lipinski definition) is 1. The Kier molecular flexibility index (Phi) is 9.57. The fourth-order valence-corrected chi connectivity index (χ4v) is 4.15. The summed E-state index contributed by atoms with van der Waals surface area (Å²) in [6.07, 6.45) is 6.67. The van der Waals surface area contributed by atoms with Crippen LogP contribution in [0.1, 0.15) is 35.3 Å². The fraction of sp³-hybridized carbons (Fsp3) is 0.200. The summed E-state index contributed by atoms with van der Waals surface area (Å²) in [6, 6.07) is 12.6. The van der Waals surface area contributed by atoms with Crippen LogP contribution in [0.5, 0.6) is 5.75 Å².